The zero-order chi connectivity index (χ0) is 9.26. The van der Waals surface area contributed by atoms with Gasteiger partial charge in [0.2, 0.25) is 0 Å². The fraction of sp³-hybridized carbons (Fsp3) is 0.400. The van der Waals surface area contributed by atoms with Crippen molar-refractivity contribution >= 4 is 11.0 Å². The highest BCUT2D eigenvalue weighted by atomic mass is 15.3. The summed E-state index contributed by atoms with van der Waals surface area (Å²) in [6, 6.07) is 4.11. The quantitative estimate of drug-likeness (QED) is 0.760. The van der Waals surface area contributed by atoms with Crippen LogP contribution in [0.3, 0.4) is 0 Å². The average molecular weight is 175 g/mol. The van der Waals surface area contributed by atoms with E-state index in [4.69, 9.17) is 0 Å². The molecule has 1 aromatic heterocycles. The largest absolute Gasteiger partial charge is 0.197 e. The molecule has 13 heavy (non-hydrogen) atoms. The first kappa shape index (κ1) is 8.23. The number of aryl methyl sites for hydroxylation is 2. The molecule has 3 heteroatoms. The SMILES string of the molecule is CCCc1c(C)ccc2n[nH]nc12. The fourth-order valence-corrected chi connectivity index (χ4v) is 1.63. The predicted molar refractivity (Wildman–Crippen MR) is 52.6 cm³/mol. The Kier molecular flexibility index (Phi) is 2.00. The third kappa shape index (κ3) is 1.30. The van der Waals surface area contributed by atoms with Gasteiger partial charge in [-0.25, -0.2) is 0 Å². The van der Waals surface area contributed by atoms with Crippen LogP contribution in [0, 0.1) is 6.92 Å². The number of benzene rings is 1. The topological polar surface area (TPSA) is 41.6 Å². The lowest BCUT2D eigenvalue weighted by atomic mass is 10.0. The van der Waals surface area contributed by atoms with E-state index in [0.717, 1.165) is 23.9 Å². The molecule has 3 nitrogen and oxygen atoms in total. The number of fused-ring (bicyclic) bond motifs is 1. The molecule has 0 aliphatic rings. The van der Waals surface area contributed by atoms with Crippen molar-refractivity contribution in [3.05, 3.63) is 23.3 Å². The Morgan fingerprint density at radius 2 is 2.15 bits per heavy atom. The van der Waals surface area contributed by atoms with Crippen LogP contribution in [0.5, 0.6) is 0 Å². The van der Waals surface area contributed by atoms with Crippen molar-refractivity contribution < 1.29 is 0 Å². The second kappa shape index (κ2) is 3.17. The van der Waals surface area contributed by atoms with Gasteiger partial charge >= 0.3 is 0 Å². The van der Waals surface area contributed by atoms with Gasteiger partial charge in [0.25, 0.3) is 0 Å². The van der Waals surface area contributed by atoms with Gasteiger partial charge in [-0.05, 0) is 30.5 Å². The molecule has 0 aliphatic carbocycles. The standard InChI is InChI=1S/C10H13N3/c1-3-4-8-7(2)5-6-9-10(8)12-13-11-9/h5-6H,3-4H2,1-2H3,(H,11,12,13). The molecular formula is C10H13N3. The van der Waals surface area contributed by atoms with Gasteiger partial charge in [-0.1, -0.05) is 19.4 Å². The summed E-state index contributed by atoms with van der Waals surface area (Å²) >= 11 is 0. The van der Waals surface area contributed by atoms with E-state index < -0.39 is 0 Å². The van der Waals surface area contributed by atoms with Crippen LogP contribution in [0.4, 0.5) is 0 Å². The zero-order valence-electron chi connectivity index (χ0n) is 7.96. The van der Waals surface area contributed by atoms with E-state index >= 15 is 0 Å². The maximum atomic E-state index is 4.16. The number of hydrogen-bond acceptors (Lipinski definition) is 2. The summed E-state index contributed by atoms with van der Waals surface area (Å²) in [7, 11) is 0. The van der Waals surface area contributed by atoms with Crippen LogP contribution in [0.25, 0.3) is 11.0 Å². The third-order valence-electron chi connectivity index (χ3n) is 2.33. The molecule has 68 valence electrons. The molecule has 1 N–H and O–H groups in total. The number of hydrogen-bond donors (Lipinski definition) is 1. The Balaban J connectivity index is 2.66. The number of aromatic amines is 1. The van der Waals surface area contributed by atoms with Crippen LogP contribution in [-0.2, 0) is 6.42 Å². The Morgan fingerprint density at radius 3 is 2.92 bits per heavy atom. The van der Waals surface area contributed by atoms with E-state index in [1.165, 1.54) is 11.1 Å². The number of nitrogens with one attached hydrogen (secondary N) is 1. The van der Waals surface area contributed by atoms with E-state index in [9.17, 15) is 0 Å². The van der Waals surface area contributed by atoms with Crippen LogP contribution in [0.1, 0.15) is 24.5 Å². The second-order valence-electron chi connectivity index (χ2n) is 3.30. The van der Waals surface area contributed by atoms with Gasteiger partial charge in [-0.2, -0.15) is 15.4 Å². The maximum Gasteiger partial charge on any atom is 0.116 e. The minimum absolute atomic E-state index is 0.967. The molecule has 0 radical (unpaired) electrons. The molecule has 1 heterocycles. The zero-order valence-corrected chi connectivity index (χ0v) is 7.96. The minimum atomic E-state index is 0.967. The molecule has 0 spiro atoms. The summed E-state index contributed by atoms with van der Waals surface area (Å²) < 4.78 is 0. The maximum absolute atomic E-state index is 4.16. The van der Waals surface area contributed by atoms with Gasteiger partial charge in [0, 0.05) is 0 Å². The minimum Gasteiger partial charge on any atom is -0.197 e. The molecule has 0 atom stereocenters. The summed E-state index contributed by atoms with van der Waals surface area (Å²) in [6.07, 6.45) is 2.22. The molecule has 2 rings (SSSR count). The summed E-state index contributed by atoms with van der Waals surface area (Å²) in [4.78, 5) is 0. The Morgan fingerprint density at radius 1 is 1.31 bits per heavy atom. The van der Waals surface area contributed by atoms with E-state index in [1.54, 1.807) is 0 Å². The van der Waals surface area contributed by atoms with E-state index in [1.807, 2.05) is 6.07 Å². The van der Waals surface area contributed by atoms with Gasteiger partial charge in [-0.15, -0.1) is 0 Å². The Hall–Kier alpha value is -1.38. The molecule has 0 bridgehead atoms. The summed E-state index contributed by atoms with van der Waals surface area (Å²) in [5, 5.41) is 10.9. The van der Waals surface area contributed by atoms with E-state index in [0.29, 0.717) is 0 Å². The lowest BCUT2D eigenvalue weighted by Gasteiger charge is -2.03. The summed E-state index contributed by atoms with van der Waals surface area (Å²) in [5.41, 5.74) is 4.63. The second-order valence-corrected chi connectivity index (χ2v) is 3.30. The molecule has 0 fully saturated rings. The Bertz CT molecular complexity index is 417. The third-order valence-corrected chi connectivity index (χ3v) is 2.33. The molecule has 0 saturated carbocycles. The van der Waals surface area contributed by atoms with Crippen LogP contribution in [0.15, 0.2) is 12.1 Å². The Labute approximate surface area is 77.2 Å². The first-order chi connectivity index (χ1) is 6.33. The van der Waals surface area contributed by atoms with E-state index in [-0.39, 0.29) is 0 Å². The molecule has 0 amide bonds. The van der Waals surface area contributed by atoms with Crippen LogP contribution in [0.2, 0.25) is 0 Å². The van der Waals surface area contributed by atoms with Crippen molar-refractivity contribution in [2.24, 2.45) is 0 Å². The monoisotopic (exact) mass is 175 g/mol. The number of rotatable bonds is 2. The van der Waals surface area contributed by atoms with Gasteiger partial charge in [0.15, 0.2) is 0 Å². The average Bonchev–Trinajstić information content (AvgIpc) is 2.58. The van der Waals surface area contributed by atoms with Gasteiger partial charge in [0.05, 0.1) is 0 Å². The lowest BCUT2D eigenvalue weighted by Crippen LogP contribution is -1.90. The van der Waals surface area contributed by atoms with Crippen LogP contribution < -0.4 is 0 Å². The van der Waals surface area contributed by atoms with Crippen molar-refractivity contribution in [3.8, 4) is 0 Å². The normalized spacial score (nSPS) is 10.9. The van der Waals surface area contributed by atoms with Crippen molar-refractivity contribution in [3.63, 3.8) is 0 Å². The van der Waals surface area contributed by atoms with Crippen LogP contribution in [-0.4, -0.2) is 15.4 Å². The van der Waals surface area contributed by atoms with Crippen molar-refractivity contribution in [1.29, 1.82) is 0 Å². The molecule has 0 saturated heterocycles. The lowest BCUT2D eigenvalue weighted by molar-refractivity contribution is 0.910. The van der Waals surface area contributed by atoms with Crippen molar-refractivity contribution in [2.75, 3.05) is 0 Å². The fourth-order valence-electron chi connectivity index (χ4n) is 1.63. The number of nitrogens with zero attached hydrogens (tertiary/aromatic N) is 2. The summed E-state index contributed by atoms with van der Waals surface area (Å²) in [5.74, 6) is 0. The van der Waals surface area contributed by atoms with Crippen LogP contribution >= 0.6 is 0 Å². The van der Waals surface area contributed by atoms with Gasteiger partial charge < -0.3 is 0 Å². The highest BCUT2D eigenvalue weighted by Crippen LogP contribution is 2.19. The molecule has 1 aromatic carbocycles. The summed E-state index contributed by atoms with van der Waals surface area (Å²) in [6.45, 7) is 4.30. The first-order valence-corrected chi connectivity index (χ1v) is 4.62. The molecule has 2 aromatic rings. The molecule has 0 unspecified atom stereocenters. The smallest absolute Gasteiger partial charge is 0.116 e. The first-order valence-electron chi connectivity index (χ1n) is 4.62. The van der Waals surface area contributed by atoms with Crippen molar-refractivity contribution in [1.82, 2.24) is 15.4 Å². The molecule has 0 aliphatic heterocycles. The highest BCUT2D eigenvalue weighted by molar-refractivity contribution is 5.78. The number of H-pyrrole nitrogens is 1. The molecular weight excluding hydrogens is 162 g/mol. The number of aromatic nitrogens is 3. The van der Waals surface area contributed by atoms with Gasteiger partial charge in [0.1, 0.15) is 11.0 Å². The van der Waals surface area contributed by atoms with E-state index in [2.05, 4.69) is 35.3 Å². The highest BCUT2D eigenvalue weighted by Gasteiger charge is 2.06. The van der Waals surface area contributed by atoms with Crippen molar-refractivity contribution in [2.45, 2.75) is 26.7 Å². The van der Waals surface area contributed by atoms with Gasteiger partial charge in [-0.3, -0.25) is 0 Å². The predicted octanol–water partition coefficient (Wildman–Crippen LogP) is 2.22.